The van der Waals surface area contributed by atoms with Gasteiger partial charge in [-0.1, -0.05) is 41.6 Å². The summed E-state index contributed by atoms with van der Waals surface area (Å²) in [6.07, 6.45) is 1.87. The van der Waals surface area contributed by atoms with E-state index in [4.69, 9.17) is 16.7 Å². The van der Waals surface area contributed by atoms with Gasteiger partial charge in [-0.05, 0) is 54.0 Å². The van der Waals surface area contributed by atoms with E-state index in [-0.39, 0.29) is 6.42 Å². The maximum absolute atomic E-state index is 10.7. The van der Waals surface area contributed by atoms with E-state index >= 15 is 0 Å². The molecule has 0 aromatic heterocycles. The van der Waals surface area contributed by atoms with Gasteiger partial charge < -0.3 is 5.11 Å². The van der Waals surface area contributed by atoms with Crippen molar-refractivity contribution < 1.29 is 9.90 Å². The van der Waals surface area contributed by atoms with E-state index in [1.165, 1.54) is 20.9 Å². The molecule has 0 fully saturated rings. The Balaban J connectivity index is 1.83. The molecular formula is C18H17ClO2S2. The molecule has 0 bridgehead atoms. The van der Waals surface area contributed by atoms with Crippen LogP contribution in [-0.2, 0) is 11.2 Å². The number of benzene rings is 2. The lowest BCUT2D eigenvalue weighted by atomic mass is 10.0. The van der Waals surface area contributed by atoms with Crippen molar-refractivity contribution in [1.82, 2.24) is 0 Å². The number of thioether (sulfide) groups is 1. The Morgan fingerprint density at radius 2 is 2.09 bits per heavy atom. The van der Waals surface area contributed by atoms with Gasteiger partial charge in [0.2, 0.25) is 0 Å². The van der Waals surface area contributed by atoms with Crippen LogP contribution in [0.15, 0.2) is 52.3 Å². The van der Waals surface area contributed by atoms with E-state index < -0.39 is 5.97 Å². The quantitative estimate of drug-likeness (QED) is 0.692. The first-order valence-corrected chi connectivity index (χ1v) is 9.76. The van der Waals surface area contributed by atoms with Crippen molar-refractivity contribution in [3.05, 3.63) is 58.6 Å². The minimum absolute atomic E-state index is 0.235. The van der Waals surface area contributed by atoms with Gasteiger partial charge in [-0.2, -0.15) is 11.8 Å². The molecule has 120 valence electrons. The molecule has 1 N–H and O–H groups in total. The summed E-state index contributed by atoms with van der Waals surface area (Å²) in [5, 5.41) is 9.90. The lowest BCUT2D eigenvalue weighted by Crippen LogP contribution is -2.02. The van der Waals surface area contributed by atoms with Crippen molar-refractivity contribution in [2.75, 3.05) is 5.75 Å². The zero-order valence-electron chi connectivity index (χ0n) is 12.5. The van der Waals surface area contributed by atoms with Crippen LogP contribution < -0.4 is 0 Å². The van der Waals surface area contributed by atoms with E-state index in [1.54, 1.807) is 11.8 Å². The minimum atomic E-state index is -0.723. The highest BCUT2D eigenvalue weighted by molar-refractivity contribution is 8.00. The van der Waals surface area contributed by atoms with Crippen molar-refractivity contribution in [2.24, 2.45) is 0 Å². The molecule has 5 heteroatoms. The summed E-state index contributed by atoms with van der Waals surface area (Å²) in [6.45, 7) is 0. The van der Waals surface area contributed by atoms with Crippen LogP contribution in [0.1, 0.15) is 29.2 Å². The first-order chi connectivity index (χ1) is 11.1. The molecule has 0 amide bonds. The molecule has 2 aromatic carbocycles. The van der Waals surface area contributed by atoms with Crippen LogP contribution in [-0.4, -0.2) is 16.8 Å². The lowest BCUT2D eigenvalue weighted by Gasteiger charge is -2.17. The third-order valence-electron chi connectivity index (χ3n) is 3.77. The summed E-state index contributed by atoms with van der Waals surface area (Å²) in [7, 11) is 0. The Kier molecular flexibility index (Phi) is 5.57. The van der Waals surface area contributed by atoms with Gasteiger partial charge in [-0.25, -0.2) is 0 Å². The summed E-state index contributed by atoms with van der Waals surface area (Å²) < 4.78 is 0. The largest absolute Gasteiger partial charge is 0.481 e. The SMILES string of the molecule is O=C(O)CCCS[C@H]1Cc2cc(Cl)ccc2Sc2ccccc21. The Bertz CT molecular complexity index is 718. The predicted molar refractivity (Wildman–Crippen MR) is 97.8 cm³/mol. The maximum Gasteiger partial charge on any atom is 0.303 e. The van der Waals surface area contributed by atoms with Crippen LogP contribution in [0.3, 0.4) is 0 Å². The number of hydrogen-bond donors (Lipinski definition) is 1. The molecule has 1 atom stereocenters. The number of carboxylic acids is 1. The number of carboxylic acid groups (broad SMARTS) is 1. The Morgan fingerprint density at radius 1 is 1.26 bits per heavy atom. The number of carbonyl (C=O) groups is 1. The minimum Gasteiger partial charge on any atom is -0.481 e. The average Bonchev–Trinajstić information content (AvgIpc) is 2.68. The fraction of sp³-hybridized carbons (Fsp3) is 0.278. The number of aliphatic carboxylic acids is 1. The van der Waals surface area contributed by atoms with Crippen LogP contribution in [0.4, 0.5) is 0 Å². The van der Waals surface area contributed by atoms with Crippen molar-refractivity contribution in [3.63, 3.8) is 0 Å². The van der Waals surface area contributed by atoms with E-state index in [0.29, 0.717) is 11.7 Å². The molecule has 0 radical (unpaired) electrons. The highest BCUT2D eigenvalue weighted by Gasteiger charge is 2.23. The normalized spacial score (nSPS) is 16.3. The first kappa shape index (κ1) is 16.7. The molecule has 2 nitrogen and oxygen atoms in total. The molecular weight excluding hydrogens is 348 g/mol. The molecule has 23 heavy (non-hydrogen) atoms. The summed E-state index contributed by atoms with van der Waals surface area (Å²) in [4.78, 5) is 13.2. The van der Waals surface area contributed by atoms with Gasteiger partial charge >= 0.3 is 5.97 Å². The third-order valence-corrected chi connectivity index (χ3v) is 6.56. The zero-order chi connectivity index (χ0) is 16.2. The fourth-order valence-electron chi connectivity index (χ4n) is 2.67. The highest BCUT2D eigenvalue weighted by Crippen LogP contribution is 2.46. The van der Waals surface area contributed by atoms with Crippen molar-refractivity contribution in [2.45, 2.75) is 34.3 Å². The van der Waals surface area contributed by atoms with Crippen LogP contribution in [0.2, 0.25) is 5.02 Å². The molecule has 0 unspecified atom stereocenters. The molecule has 1 heterocycles. The summed E-state index contributed by atoms with van der Waals surface area (Å²) in [5.41, 5.74) is 2.61. The van der Waals surface area contributed by atoms with Gasteiger partial charge in [0.15, 0.2) is 0 Å². The second-order valence-corrected chi connectivity index (χ2v) is 8.28. The second-order valence-electron chi connectivity index (χ2n) is 5.45. The number of fused-ring (bicyclic) bond motifs is 2. The monoisotopic (exact) mass is 364 g/mol. The van der Waals surface area contributed by atoms with Crippen LogP contribution in [0, 0.1) is 0 Å². The smallest absolute Gasteiger partial charge is 0.303 e. The van der Waals surface area contributed by atoms with Gasteiger partial charge in [0.25, 0.3) is 0 Å². The standard InChI is InChI=1S/C18H17ClO2S2/c19-13-7-8-15-12(10-13)11-17(22-9-3-6-18(20)21)14-4-1-2-5-16(14)23-15/h1-2,4-5,7-8,10,17H,3,6,9,11H2,(H,20,21)/t17-/m0/s1. The molecule has 1 aliphatic heterocycles. The summed E-state index contributed by atoms with van der Waals surface area (Å²) in [5.74, 6) is 0.130. The Morgan fingerprint density at radius 3 is 2.91 bits per heavy atom. The number of rotatable bonds is 5. The lowest BCUT2D eigenvalue weighted by molar-refractivity contribution is -0.137. The zero-order valence-corrected chi connectivity index (χ0v) is 14.9. The van der Waals surface area contributed by atoms with Crippen molar-refractivity contribution >= 4 is 41.1 Å². The van der Waals surface area contributed by atoms with Crippen molar-refractivity contribution in [1.29, 1.82) is 0 Å². The van der Waals surface area contributed by atoms with Gasteiger partial charge in [0.05, 0.1) is 0 Å². The average molecular weight is 365 g/mol. The van der Waals surface area contributed by atoms with Crippen molar-refractivity contribution in [3.8, 4) is 0 Å². The molecule has 0 aliphatic carbocycles. The summed E-state index contributed by atoms with van der Waals surface area (Å²) >= 11 is 9.81. The third kappa shape index (κ3) is 4.25. The van der Waals surface area contributed by atoms with Crippen LogP contribution in [0.25, 0.3) is 0 Å². The second kappa shape index (κ2) is 7.65. The molecule has 0 saturated carbocycles. The van der Waals surface area contributed by atoms with Gasteiger partial charge in [0, 0.05) is 26.5 Å². The van der Waals surface area contributed by atoms with E-state index in [0.717, 1.165) is 17.2 Å². The predicted octanol–water partition coefficient (Wildman–Crippen LogP) is 5.69. The molecule has 3 rings (SSSR count). The topological polar surface area (TPSA) is 37.3 Å². The number of halogens is 1. The summed E-state index contributed by atoms with van der Waals surface area (Å²) in [6, 6.07) is 14.6. The molecule has 2 aromatic rings. The molecule has 1 aliphatic rings. The van der Waals surface area contributed by atoms with E-state index in [2.05, 4.69) is 36.4 Å². The van der Waals surface area contributed by atoms with Gasteiger partial charge in [-0.15, -0.1) is 0 Å². The first-order valence-electron chi connectivity index (χ1n) is 7.52. The Hall–Kier alpha value is -1.10. The fourth-order valence-corrected chi connectivity index (χ4v) is 5.34. The highest BCUT2D eigenvalue weighted by atomic mass is 35.5. The molecule has 0 saturated heterocycles. The van der Waals surface area contributed by atoms with Gasteiger partial charge in [0.1, 0.15) is 0 Å². The van der Waals surface area contributed by atoms with E-state index in [1.807, 2.05) is 17.8 Å². The Labute approximate surface area is 149 Å². The van der Waals surface area contributed by atoms with Crippen LogP contribution >= 0.6 is 35.1 Å². The van der Waals surface area contributed by atoms with E-state index in [9.17, 15) is 4.79 Å². The molecule has 0 spiro atoms. The van der Waals surface area contributed by atoms with Gasteiger partial charge in [-0.3, -0.25) is 4.79 Å². The maximum atomic E-state index is 10.7. The number of hydrogen-bond acceptors (Lipinski definition) is 3. The van der Waals surface area contributed by atoms with Crippen LogP contribution in [0.5, 0.6) is 0 Å².